The van der Waals surface area contributed by atoms with Gasteiger partial charge >= 0.3 is 0 Å². The maximum absolute atomic E-state index is 5.61. The van der Waals surface area contributed by atoms with Crippen LogP contribution in [0.25, 0.3) is 5.57 Å². The number of rotatable bonds is 5. The van der Waals surface area contributed by atoms with Crippen LogP contribution in [-0.4, -0.2) is 0 Å². The Morgan fingerprint density at radius 1 is 1.17 bits per heavy atom. The number of hydrogen-bond donors (Lipinski definition) is 0. The van der Waals surface area contributed by atoms with Gasteiger partial charge in [0.25, 0.3) is 0 Å². The lowest BCUT2D eigenvalue weighted by atomic mass is 10.0. The smallest absolute Gasteiger partial charge is 0.101 e. The molecular formula is C17H20O. The molecule has 1 aromatic rings. The van der Waals surface area contributed by atoms with Gasteiger partial charge in [0.2, 0.25) is 0 Å². The molecule has 1 heteroatoms. The van der Waals surface area contributed by atoms with Crippen molar-refractivity contribution in [3.63, 3.8) is 0 Å². The van der Waals surface area contributed by atoms with Crippen LogP contribution >= 0.6 is 0 Å². The van der Waals surface area contributed by atoms with E-state index < -0.39 is 0 Å². The van der Waals surface area contributed by atoms with Crippen molar-refractivity contribution in [2.45, 2.75) is 20.8 Å². The van der Waals surface area contributed by atoms with Crippen molar-refractivity contribution in [1.29, 1.82) is 0 Å². The first-order valence-corrected chi connectivity index (χ1v) is 5.95. The van der Waals surface area contributed by atoms with Crippen LogP contribution in [0.4, 0.5) is 0 Å². The average molecular weight is 240 g/mol. The molecule has 1 rings (SSSR count). The summed E-state index contributed by atoms with van der Waals surface area (Å²) in [5.41, 5.74) is 3.31. The third-order valence-electron chi connectivity index (χ3n) is 2.54. The Balaban J connectivity index is 2.84. The summed E-state index contributed by atoms with van der Waals surface area (Å²) in [4.78, 5) is 0. The van der Waals surface area contributed by atoms with E-state index in [1.165, 1.54) is 5.56 Å². The van der Waals surface area contributed by atoms with Crippen LogP contribution in [0.15, 0.2) is 67.2 Å². The second kappa shape index (κ2) is 6.65. The van der Waals surface area contributed by atoms with Crippen LogP contribution in [0.2, 0.25) is 0 Å². The minimum absolute atomic E-state index is 0.816. The SMILES string of the molecule is C=C/C=C(\C)O/C(C)=C/C(=C)c1ccccc1C. The van der Waals surface area contributed by atoms with Gasteiger partial charge in [-0.15, -0.1) is 0 Å². The first-order chi connectivity index (χ1) is 8.54. The van der Waals surface area contributed by atoms with Crippen molar-refractivity contribution in [1.82, 2.24) is 0 Å². The topological polar surface area (TPSA) is 9.23 Å². The van der Waals surface area contributed by atoms with Crippen molar-refractivity contribution in [2.75, 3.05) is 0 Å². The van der Waals surface area contributed by atoms with Gasteiger partial charge in [0, 0.05) is 0 Å². The molecule has 0 unspecified atom stereocenters. The summed E-state index contributed by atoms with van der Waals surface area (Å²) in [6.07, 6.45) is 5.48. The van der Waals surface area contributed by atoms with E-state index in [2.05, 4.69) is 32.2 Å². The van der Waals surface area contributed by atoms with Gasteiger partial charge in [-0.2, -0.15) is 0 Å². The van der Waals surface area contributed by atoms with Gasteiger partial charge < -0.3 is 4.74 Å². The molecule has 0 N–H and O–H groups in total. The van der Waals surface area contributed by atoms with Crippen LogP contribution in [0.5, 0.6) is 0 Å². The molecule has 18 heavy (non-hydrogen) atoms. The molecule has 1 nitrogen and oxygen atoms in total. The summed E-state index contributed by atoms with van der Waals surface area (Å²) in [5.74, 6) is 1.63. The molecule has 0 aliphatic heterocycles. The fraction of sp³-hybridized carbons (Fsp3) is 0.176. The fourth-order valence-corrected chi connectivity index (χ4v) is 1.74. The summed E-state index contributed by atoms with van der Waals surface area (Å²) in [7, 11) is 0. The normalized spacial score (nSPS) is 12.2. The quantitative estimate of drug-likeness (QED) is 0.518. The van der Waals surface area contributed by atoms with Gasteiger partial charge in [-0.3, -0.25) is 0 Å². The van der Waals surface area contributed by atoms with Gasteiger partial charge in [-0.1, -0.05) is 43.5 Å². The Labute approximate surface area is 110 Å². The zero-order valence-corrected chi connectivity index (χ0v) is 11.4. The zero-order valence-electron chi connectivity index (χ0n) is 11.4. The number of benzene rings is 1. The summed E-state index contributed by atoms with van der Waals surface area (Å²) in [6.45, 7) is 13.6. The molecule has 0 aliphatic carbocycles. The minimum atomic E-state index is 0.816. The maximum Gasteiger partial charge on any atom is 0.101 e. The molecule has 0 saturated heterocycles. The molecule has 94 valence electrons. The highest BCUT2D eigenvalue weighted by Crippen LogP contribution is 2.20. The van der Waals surface area contributed by atoms with Crippen LogP contribution < -0.4 is 0 Å². The van der Waals surface area contributed by atoms with Crippen molar-refractivity contribution >= 4 is 5.57 Å². The standard InChI is InChI=1S/C17H20O/c1-6-9-15(4)18-16(5)12-14(3)17-11-8-7-10-13(17)2/h6-12H,1,3H2,2,4-5H3/b15-9+,16-12+. The second-order valence-electron chi connectivity index (χ2n) is 4.21. The maximum atomic E-state index is 5.61. The third kappa shape index (κ3) is 4.10. The van der Waals surface area contributed by atoms with Crippen molar-refractivity contribution in [2.24, 2.45) is 0 Å². The average Bonchev–Trinajstić information content (AvgIpc) is 2.29. The molecule has 0 saturated carbocycles. The summed E-state index contributed by atoms with van der Waals surface area (Å²) >= 11 is 0. The highest BCUT2D eigenvalue weighted by molar-refractivity contribution is 5.74. The van der Waals surface area contributed by atoms with E-state index in [1.54, 1.807) is 6.08 Å². The van der Waals surface area contributed by atoms with E-state index in [9.17, 15) is 0 Å². The predicted molar refractivity (Wildman–Crippen MR) is 79.0 cm³/mol. The van der Waals surface area contributed by atoms with Gasteiger partial charge in [-0.05, 0) is 49.6 Å². The van der Waals surface area contributed by atoms with Crippen LogP contribution in [0.3, 0.4) is 0 Å². The second-order valence-corrected chi connectivity index (χ2v) is 4.21. The molecule has 0 atom stereocenters. The number of allylic oxidation sites excluding steroid dienone is 6. The Morgan fingerprint density at radius 2 is 1.83 bits per heavy atom. The Morgan fingerprint density at radius 3 is 2.44 bits per heavy atom. The molecule has 0 aliphatic rings. The summed E-state index contributed by atoms with van der Waals surface area (Å²) in [5, 5.41) is 0. The lowest BCUT2D eigenvalue weighted by Crippen LogP contribution is -1.89. The van der Waals surface area contributed by atoms with Crippen molar-refractivity contribution in [3.05, 3.63) is 78.3 Å². The third-order valence-corrected chi connectivity index (χ3v) is 2.54. The molecule has 0 amide bonds. The lowest BCUT2D eigenvalue weighted by Gasteiger charge is -2.08. The molecular weight excluding hydrogens is 220 g/mol. The van der Waals surface area contributed by atoms with Crippen molar-refractivity contribution in [3.8, 4) is 0 Å². The van der Waals surface area contributed by atoms with Crippen LogP contribution in [0.1, 0.15) is 25.0 Å². The molecule has 0 radical (unpaired) electrons. The largest absolute Gasteiger partial charge is 0.467 e. The van der Waals surface area contributed by atoms with E-state index >= 15 is 0 Å². The lowest BCUT2D eigenvalue weighted by molar-refractivity contribution is 0.309. The Hall–Kier alpha value is -2.02. The van der Waals surface area contributed by atoms with E-state index in [1.807, 2.05) is 38.1 Å². The Bertz CT molecular complexity index is 504. The fourth-order valence-electron chi connectivity index (χ4n) is 1.74. The minimum Gasteiger partial charge on any atom is -0.467 e. The molecule has 0 spiro atoms. The van der Waals surface area contributed by atoms with Gasteiger partial charge in [0.15, 0.2) is 0 Å². The van der Waals surface area contributed by atoms with E-state index in [-0.39, 0.29) is 0 Å². The number of ether oxygens (including phenoxy) is 1. The van der Waals surface area contributed by atoms with Gasteiger partial charge in [-0.25, -0.2) is 0 Å². The van der Waals surface area contributed by atoms with Crippen LogP contribution in [-0.2, 0) is 4.74 Å². The van der Waals surface area contributed by atoms with E-state index in [0.29, 0.717) is 0 Å². The molecule has 0 bridgehead atoms. The highest BCUT2D eigenvalue weighted by Gasteiger charge is 2.01. The summed E-state index contributed by atoms with van der Waals surface area (Å²) in [6, 6.07) is 8.18. The van der Waals surface area contributed by atoms with E-state index in [0.717, 1.165) is 22.7 Å². The number of aryl methyl sites for hydroxylation is 1. The molecule has 0 heterocycles. The van der Waals surface area contributed by atoms with E-state index in [4.69, 9.17) is 4.74 Å². The number of hydrogen-bond acceptors (Lipinski definition) is 1. The van der Waals surface area contributed by atoms with Crippen molar-refractivity contribution < 1.29 is 4.74 Å². The zero-order chi connectivity index (χ0) is 13.5. The van der Waals surface area contributed by atoms with Crippen LogP contribution in [0, 0.1) is 6.92 Å². The molecule has 0 aromatic heterocycles. The Kier molecular flexibility index (Phi) is 5.19. The highest BCUT2D eigenvalue weighted by atomic mass is 16.5. The predicted octanol–water partition coefficient (Wildman–Crippen LogP) is 5.02. The molecule has 0 fully saturated rings. The van der Waals surface area contributed by atoms with Gasteiger partial charge in [0.05, 0.1) is 0 Å². The monoisotopic (exact) mass is 240 g/mol. The molecule has 1 aromatic carbocycles. The summed E-state index contributed by atoms with van der Waals surface area (Å²) < 4.78 is 5.61. The van der Waals surface area contributed by atoms with Gasteiger partial charge in [0.1, 0.15) is 11.5 Å². The first-order valence-electron chi connectivity index (χ1n) is 5.95. The first kappa shape index (κ1) is 14.0.